The van der Waals surface area contributed by atoms with Gasteiger partial charge in [-0.2, -0.15) is 0 Å². The largest absolute Gasteiger partial charge is 0.465 e. The fourth-order valence-corrected chi connectivity index (χ4v) is 2.74. The Bertz CT molecular complexity index is 649. The van der Waals surface area contributed by atoms with Crippen LogP contribution in [0.15, 0.2) is 18.2 Å². The van der Waals surface area contributed by atoms with Crippen molar-refractivity contribution in [1.82, 2.24) is 9.55 Å². The van der Waals surface area contributed by atoms with E-state index >= 15 is 0 Å². The maximum Gasteiger partial charge on any atom is 0.316 e. The summed E-state index contributed by atoms with van der Waals surface area (Å²) in [5.74, 6) is 0.185. The highest BCUT2D eigenvalue weighted by Crippen LogP contribution is 2.30. The van der Waals surface area contributed by atoms with E-state index in [1.165, 1.54) is 0 Å². The van der Waals surface area contributed by atoms with Gasteiger partial charge in [-0.3, -0.25) is 4.79 Å². The van der Waals surface area contributed by atoms with E-state index in [1.807, 2.05) is 32.0 Å². The van der Waals surface area contributed by atoms with Gasteiger partial charge < -0.3 is 9.30 Å². The summed E-state index contributed by atoms with van der Waals surface area (Å²) < 4.78 is 7.26. The molecule has 0 saturated heterocycles. The number of ether oxygens (including phenoxy) is 1. The molecule has 5 heteroatoms. The highest BCUT2D eigenvalue weighted by molar-refractivity contribution is 6.31. The Morgan fingerprint density at radius 3 is 2.67 bits per heavy atom. The first-order valence-electron chi connectivity index (χ1n) is 7.33. The number of carbonyl (C=O) groups excluding carboxylic acids is 1. The second-order valence-electron chi connectivity index (χ2n) is 5.28. The Kier molecular flexibility index (Phi) is 4.88. The molecular formula is C16H21ClN2O2. The molecule has 1 atom stereocenters. The summed E-state index contributed by atoms with van der Waals surface area (Å²) in [5, 5.41) is 0.667. The second kappa shape index (κ2) is 6.48. The first-order chi connectivity index (χ1) is 9.99. The first kappa shape index (κ1) is 15.8. The minimum Gasteiger partial charge on any atom is -0.465 e. The van der Waals surface area contributed by atoms with Crippen LogP contribution in [0.3, 0.4) is 0 Å². The molecule has 0 bridgehead atoms. The highest BCUT2D eigenvalue weighted by Gasteiger charge is 2.27. The zero-order chi connectivity index (χ0) is 15.6. The van der Waals surface area contributed by atoms with Crippen LogP contribution in [0.4, 0.5) is 0 Å². The number of esters is 1. The molecule has 0 N–H and O–H groups in total. The summed E-state index contributed by atoms with van der Waals surface area (Å²) in [6, 6.07) is 5.78. The third-order valence-corrected chi connectivity index (χ3v) is 3.72. The molecule has 1 heterocycles. The van der Waals surface area contributed by atoms with Crippen LogP contribution in [0, 0.1) is 0 Å². The van der Waals surface area contributed by atoms with E-state index in [2.05, 4.69) is 23.4 Å². The van der Waals surface area contributed by atoms with Crippen LogP contribution in [0.1, 0.15) is 51.9 Å². The molecule has 0 fully saturated rings. The molecule has 1 aromatic heterocycles. The van der Waals surface area contributed by atoms with Crippen LogP contribution < -0.4 is 0 Å². The molecule has 1 unspecified atom stereocenters. The van der Waals surface area contributed by atoms with Crippen molar-refractivity contribution in [3.8, 4) is 0 Å². The third kappa shape index (κ3) is 3.05. The van der Waals surface area contributed by atoms with Crippen LogP contribution in [0.5, 0.6) is 0 Å². The van der Waals surface area contributed by atoms with Crippen LogP contribution in [0.25, 0.3) is 11.0 Å². The molecule has 0 saturated carbocycles. The molecule has 1 aromatic carbocycles. The van der Waals surface area contributed by atoms with E-state index in [1.54, 1.807) is 0 Å². The topological polar surface area (TPSA) is 44.1 Å². The Hall–Kier alpha value is -1.55. The van der Waals surface area contributed by atoms with E-state index in [0.717, 1.165) is 16.9 Å². The summed E-state index contributed by atoms with van der Waals surface area (Å²) in [4.78, 5) is 16.8. The lowest BCUT2D eigenvalue weighted by molar-refractivity contribution is -0.145. The summed E-state index contributed by atoms with van der Waals surface area (Å²) in [6.07, 6.45) is 0.655. The molecule has 2 aromatic rings. The van der Waals surface area contributed by atoms with Crippen LogP contribution in [-0.2, 0) is 9.53 Å². The Balaban J connectivity index is 2.61. The van der Waals surface area contributed by atoms with Crippen molar-refractivity contribution in [3.05, 3.63) is 29.0 Å². The van der Waals surface area contributed by atoms with Crippen molar-refractivity contribution in [2.24, 2.45) is 0 Å². The number of fused-ring (bicyclic) bond motifs is 1. The number of hydrogen-bond acceptors (Lipinski definition) is 3. The van der Waals surface area contributed by atoms with E-state index < -0.39 is 0 Å². The van der Waals surface area contributed by atoms with E-state index in [4.69, 9.17) is 16.3 Å². The number of imidazole rings is 1. The summed E-state index contributed by atoms with van der Waals surface area (Å²) in [7, 11) is 0. The number of benzene rings is 1. The van der Waals surface area contributed by atoms with Gasteiger partial charge >= 0.3 is 5.97 Å². The second-order valence-corrected chi connectivity index (χ2v) is 5.72. The molecule has 0 radical (unpaired) electrons. The minimum absolute atomic E-state index is 0.187. The molecule has 0 aliphatic carbocycles. The van der Waals surface area contributed by atoms with Gasteiger partial charge in [0, 0.05) is 11.1 Å². The quantitative estimate of drug-likeness (QED) is 0.772. The van der Waals surface area contributed by atoms with Gasteiger partial charge in [0.25, 0.3) is 0 Å². The molecular weight excluding hydrogens is 288 g/mol. The zero-order valence-corrected chi connectivity index (χ0v) is 13.6. The Labute approximate surface area is 130 Å². The van der Waals surface area contributed by atoms with E-state index in [-0.39, 0.29) is 17.9 Å². The van der Waals surface area contributed by atoms with Gasteiger partial charge in [-0.15, -0.1) is 0 Å². The van der Waals surface area contributed by atoms with Gasteiger partial charge in [0.15, 0.2) is 0 Å². The van der Waals surface area contributed by atoms with Crippen molar-refractivity contribution in [1.29, 1.82) is 0 Å². The summed E-state index contributed by atoms with van der Waals surface area (Å²) >= 11 is 6.10. The van der Waals surface area contributed by atoms with Gasteiger partial charge in [-0.05, 0) is 45.4 Å². The monoisotopic (exact) mass is 308 g/mol. The van der Waals surface area contributed by atoms with Gasteiger partial charge in [0.2, 0.25) is 0 Å². The lowest BCUT2D eigenvalue weighted by Crippen LogP contribution is -2.20. The zero-order valence-electron chi connectivity index (χ0n) is 12.9. The van der Waals surface area contributed by atoms with Gasteiger partial charge in [-0.25, -0.2) is 4.98 Å². The highest BCUT2D eigenvalue weighted by atomic mass is 35.5. The molecule has 0 aliphatic heterocycles. The van der Waals surface area contributed by atoms with Crippen molar-refractivity contribution >= 4 is 28.6 Å². The molecule has 0 spiro atoms. The average Bonchev–Trinajstić information content (AvgIpc) is 2.78. The van der Waals surface area contributed by atoms with E-state index in [9.17, 15) is 4.79 Å². The van der Waals surface area contributed by atoms with Crippen molar-refractivity contribution in [2.75, 3.05) is 6.61 Å². The van der Waals surface area contributed by atoms with Crippen molar-refractivity contribution in [3.63, 3.8) is 0 Å². The standard InChI is InChI=1S/C16H21ClN2O2/c1-5-12(16(20)21-6-2)15-18-13-8-7-11(17)9-14(13)19(15)10(3)4/h7-10,12H,5-6H2,1-4H3. The third-order valence-electron chi connectivity index (χ3n) is 3.49. The van der Waals surface area contributed by atoms with Crippen molar-refractivity contribution < 1.29 is 9.53 Å². The Morgan fingerprint density at radius 2 is 2.10 bits per heavy atom. The molecule has 0 amide bonds. The Morgan fingerprint density at radius 1 is 1.38 bits per heavy atom. The fraction of sp³-hybridized carbons (Fsp3) is 0.500. The lowest BCUT2D eigenvalue weighted by atomic mass is 10.1. The van der Waals surface area contributed by atoms with Gasteiger partial charge in [-0.1, -0.05) is 18.5 Å². The number of carbonyl (C=O) groups is 1. The van der Waals surface area contributed by atoms with E-state index in [0.29, 0.717) is 18.1 Å². The minimum atomic E-state index is -0.349. The van der Waals surface area contributed by atoms with Crippen LogP contribution in [-0.4, -0.2) is 22.1 Å². The number of nitrogens with zero attached hydrogens (tertiary/aromatic N) is 2. The molecule has 0 aliphatic rings. The summed E-state index contributed by atoms with van der Waals surface area (Å²) in [6.45, 7) is 8.31. The normalized spacial score (nSPS) is 12.9. The summed E-state index contributed by atoms with van der Waals surface area (Å²) in [5.41, 5.74) is 1.81. The fourth-order valence-electron chi connectivity index (χ4n) is 2.57. The number of halogens is 1. The first-order valence-corrected chi connectivity index (χ1v) is 7.71. The van der Waals surface area contributed by atoms with Crippen molar-refractivity contribution in [2.45, 2.75) is 46.1 Å². The average molecular weight is 309 g/mol. The maximum atomic E-state index is 12.2. The molecule has 4 nitrogen and oxygen atoms in total. The number of hydrogen-bond donors (Lipinski definition) is 0. The van der Waals surface area contributed by atoms with Gasteiger partial charge in [0.1, 0.15) is 11.7 Å². The molecule has 114 valence electrons. The predicted molar refractivity (Wildman–Crippen MR) is 84.8 cm³/mol. The smallest absolute Gasteiger partial charge is 0.316 e. The number of rotatable bonds is 5. The van der Waals surface area contributed by atoms with Crippen LogP contribution >= 0.6 is 11.6 Å². The van der Waals surface area contributed by atoms with Crippen LogP contribution in [0.2, 0.25) is 5.02 Å². The molecule has 2 rings (SSSR count). The molecule has 21 heavy (non-hydrogen) atoms. The SMILES string of the molecule is CCOC(=O)C(CC)c1nc2ccc(Cl)cc2n1C(C)C. The maximum absolute atomic E-state index is 12.2. The predicted octanol–water partition coefficient (Wildman–Crippen LogP) is 4.33. The number of aromatic nitrogens is 2. The lowest BCUT2D eigenvalue weighted by Gasteiger charge is -2.18. The van der Waals surface area contributed by atoms with Gasteiger partial charge in [0.05, 0.1) is 17.6 Å².